The summed E-state index contributed by atoms with van der Waals surface area (Å²) in [6.07, 6.45) is -1.72. The second-order valence-electron chi connectivity index (χ2n) is 10.1. The van der Waals surface area contributed by atoms with Crippen molar-refractivity contribution in [1.82, 2.24) is 0 Å². The first kappa shape index (κ1) is 26.9. The largest absolute Gasteiger partial charge is 0.491 e. The topological polar surface area (TPSA) is 69.7 Å². The Morgan fingerprint density at radius 2 is 0.925 bits per heavy atom. The van der Waals surface area contributed by atoms with Crippen LogP contribution in [-0.2, 0) is 34.7 Å². The molecule has 7 heteroatoms. The average molecular weight is 536 g/mol. The van der Waals surface area contributed by atoms with Crippen molar-refractivity contribution in [2.75, 3.05) is 20.8 Å². The van der Waals surface area contributed by atoms with Gasteiger partial charge in [-0.15, -0.1) is 0 Å². The van der Waals surface area contributed by atoms with Crippen LogP contribution in [-0.4, -0.2) is 57.4 Å². The summed E-state index contributed by atoms with van der Waals surface area (Å²) >= 11 is 0. The van der Waals surface area contributed by atoms with E-state index in [1.807, 2.05) is 121 Å². The predicted octanol–water partition coefficient (Wildman–Crippen LogP) is 4.74. The Kier molecular flexibility index (Phi) is 7.60. The van der Waals surface area contributed by atoms with Crippen molar-refractivity contribution < 1.29 is 28.6 Å². The minimum absolute atomic E-state index is 0.108. The summed E-state index contributed by atoms with van der Waals surface area (Å²) in [5, 5.41) is 9.81. The average Bonchev–Trinajstić information content (AvgIpc) is 3.71. The number of rotatable bonds is 10. The molecule has 0 aromatic heterocycles. The van der Waals surface area contributed by atoms with E-state index in [4.69, 9.17) is 23.5 Å². The molecule has 2 heterocycles. The smallest absolute Gasteiger partial charge is 0.400 e. The molecule has 0 aliphatic carbocycles. The fourth-order valence-electron chi connectivity index (χ4n) is 6.22. The second kappa shape index (κ2) is 11.3. The van der Waals surface area contributed by atoms with Gasteiger partial charge in [0, 0.05) is 14.2 Å². The zero-order valence-corrected chi connectivity index (χ0v) is 22.6. The van der Waals surface area contributed by atoms with Crippen LogP contribution in [0, 0.1) is 0 Å². The molecule has 4 aromatic rings. The van der Waals surface area contributed by atoms with Gasteiger partial charge in [0.15, 0.2) is 0 Å². The van der Waals surface area contributed by atoms with E-state index in [9.17, 15) is 5.11 Å². The van der Waals surface area contributed by atoms with Crippen LogP contribution in [0.1, 0.15) is 22.3 Å². The highest BCUT2D eigenvalue weighted by molar-refractivity contribution is 6.48. The first-order valence-electron chi connectivity index (χ1n) is 13.6. The SMILES string of the molecule is COC(c1ccccc1)(c1ccccc1)[C@@H]1OB([C@H]2O[C@@H]2CO)O[C@H]1C(OC)(c1ccccc1)c1ccccc1. The van der Waals surface area contributed by atoms with Crippen molar-refractivity contribution in [3.05, 3.63) is 144 Å². The van der Waals surface area contributed by atoms with Crippen molar-refractivity contribution in [3.63, 3.8) is 0 Å². The standard InChI is InChI=1S/C33H33BO6/c1-36-32(24-15-7-3-8-16-24,25-17-9-4-10-18-25)29-30(40-34(39-29)31-28(23-35)38-31)33(37-2,26-19-11-5-12-20-26)27-21-13-6-14-22-27/h3-22,28-31,35H,23H2,1-2H3/t28-,29-,30-,31+/m1/s1. The number of hydrogen-bond donors (Lipinski definition) is 1. The lowest BCUT2D eigenvalue weighted by molar-refractivity contribution is -0.136. The molecule has 4 aromatic carbocycles. The van der Waals surface area contributed by atoms with Gasteiger partial charge in [-0.3, -0.25) is 0 Å². The molecule has 0 spiro atoms. The Morgan fingerprint density at radius 3 is 1.18 bits per heavy atom. The van der Waals surface area contributed by atoms with Crippen LogP contribution in [0.4, 0.5) is 0 Å². The van der Waals surface area contributed by atoms with E-state index in [0.29, 0.717) is 0 Å². The molecule has 0 bridgehead atoms. The molecular formula is C33H33BO6. The van der Waals surface area contributed by atoms with Crippen LogP contribution < -0.4 is 0 Å². The van der Waals surface area contributed by atoms with E-state index in [0.717, 1.165) is 22.3 Å². The quantitative estimate of drug-likeness (QED) is 0.233. The molecule has 4 atom stereocenters. The van der Waals surface area contributed by atoms with Gasteiger partial charge in [-0.25, -0.2) is 0 Å². The fourth-order valence-corrected chi connectivity index (χ4v) is 6.22. The van der Waals surface area contributed by atoms with Crippen molar-refractivity contribution in [3.8, 4) is 0 Å². The van der Waals surface area contributed by atoms with E-state index < -0.39 is 36.5 Å². The lowest BCUT2D eigenvalue weighted by Crippen LogP contribution is -2.56. The summed E-state index contributed by atoms with van der Waals surface area (Å²) in [5.41, 5.74) is 1.54. The van der Waals surface area contributed by atoms with E-state index in [-0.39, 0.29) is 12.7 Å². The van der Waals surface area contributed by atoms with Crippen LogP contribution in [0.2, 0.25) is 0 Å². The first-order valence-corrected chi connectivity index (χ1v) is 13.6. The molecule has 0 unspecified atom stereocenters. The van der Waals surface area contributed by atoms with Gasteiger partial charge >= 0.3 is 7.12 Å². The highest BCUT2D eigenvalue weighted by atomic mass is 16.7. The normalized spacial score (nSPS) is 22.8. The number of ether oxygens (including phenoxy) is 3. The maximum atomic E-state index is 9.81. The summed E-state index contributed by atoms with van der Waals surface area (Å²) in [4.78, 5) is 0. The van der Waals surface area contributed by atoms with Crippen molar-refractivity contribution >= 4 is 7.12 Å². The predicted molar refractivity (Wildman–Crippen MR) is 153 cm³/mol. The minimum Gasteiger partial charge on any atom is -0.400 e. The molecule has 6 nitrogen and oxygen atoms in total. The molecule has 0 amide bonds. The van der Waals surface area contributed by atoms with Crippen molar-refractivity contribution in [2.24, 2.45) is 0 Å². The monoisotopic (exact) mass is 536 g/mol. The Labute approximate surface area is 235 Å². The van der Waals surface area contributed by atoms with Gasteiger partial charge in [0.05, 0.1) is 6.61 Å². The van der Waals surface area contributed by atoms with Crippen LogP contribution in [0.15, 0.2) is 121 Å². The third-order valence-corrected chi connectivity index (χ3v) is 8.16. The van der Waals surface area contributed by atoms with E-state index in [2.05, 4.69) is 0 Å². The Bertz CT molecular complexity index is 1190. The van der Waals surface area contributed by atoms with Gasteiger partial charge in [0.1, 0.15) is 35.5 Å². The number of epoxide rings is 1. The minimum atomic E-state index is -1.07. The molecule has 40 heavy (non-hydrogen) atoms. The summed E-state index contributed by atoms with van der Waals surface area (Å²) in [7, 11) is 2.67. The van der Waals surface area contributed by atoms with Gasteiger partial charge in [-0.1, -0.05) is 121 Å². The number of aliphatic hydroxyl groups is 1. The molecule has 0 saturated carbocycles. The maximum Gasteiger partial charge on any atom is 0.491 e. The number of benzene rings is 4. The van der Waals surface area contributed by atoms with E-state index >= 15 is 0 Å². The number of methoxy groups -OCH3 is 2. The Morgan fingerprint density at radius 1 is 0.600 bits per heavy atom. The maximum absolute atomic E-state index is 9.81. The van der Waals surface area contributed by atoms with Gasteiger partial charge in [-0.05, 0) is 22.3 Å². The fraction of sp³-hybridized carbons (Fsp3) is 0.273. The lowest BCUT2D eigenvalue weighted by Gasteiger charge is -2.46. The first-order chi connectivity index (χ1) is 19.7. The Hall–Kier alpha value is -3.30. The zero-order chi connectivity index (χ0) is 27.6. The Balaban J connectivity index is 1.60. The molecule has 1 N–H and O–H groups in total. The van der Waals surface area contributed by atoms with Crippen LogP contribution in [0.25, 0.3) is 0 Å². The molecule has 0 radical (unpaired) electrons. The van der Waals surface area contributed by atoms with Crippen molar-refractivity contribution in [1.29, 1.82) is 0 Å². The van der Waals surface area contributed by atoms with Gasteiger partial charge in [0.25, 0.3) is 0 Å². The molecule has 2 saturated heterocycles. The summed E-state index contributed by atoms with van der Waals surface area (Å²) < 4.78 is 32.7. The third kappa shape index (κ3) is 4.40. The van der Waals surface area contributed by atoms with Crippen LogP contribution in [0.3, 0.4) is 0 Å². The molecule has 2 aliphatic heterocycles. The van der Waals surface area contributed by atoms with Crippen LogP contribution >= 0.6 is 0 Å². The highest BCUT2D eigenvalue weighted by Crippen LogP contribution is 2.51. The molecule has 6 rings (SSSR count). The van der Waals surface area contributed by atoms with Gasteiger partial charge < -0.3 is 28.6 Å². The van der Waals surface area contributed by atoms with Crippen molar-refractivity contribution in [2.45, 2.75) is 35.5 Å². The van der Waals surface area contributed by atoms with Gasteiger partial charge in [-0.2, -0.15) is 0 Å². The summed E-state index contributed by atoms with van der Waals surface area (Å²) in [6, 6.07) is 39.9. The summed E-state index contributed by atoms with van der Waals surface area (Å²) in [6.45, 7) is -0.108. The summed E-state index contributed by atoms with van der Waals surface area (Å²) in [5.74, 6) is 0. The number of aliphatic hydroxyl groups excluding tert-OH is 1. The van der Waals surface area contributed by atoms with E-state index in [1.54, 1.807) is 14.2 Å². The second-order valence-corrected chi connectivity index (χ2v) is 10.1. The lowest BCUT2D eigenvalue weighted by atomic mass is 9.71. The highest BCUT2D eigenvalue weighted by Gasteiger charge is 2.66. The molecular weight excluding hydrogens is 503 g/mol. The zero-order valence-electron chi connectivity index (χ0n) is 22.6. The van der Waals surface area contributed by atoms with Crippen LogP contribution in [0.5, 0.6) is 0 Å². The third-order valence-electron chi connectivity index (χ3n) is 8.16. The molecule has 2 fully saturated rings. The van der Waals surface area contributed by atoms with Gasteiger partial charge in [0.2, 0.25) is 0 Å². The van der Waals surface area contributed by atoms with E-state index in [1.165, 1.54) is 0 Å². The molecule has 204 valence electrons. The molecule has 2 aliphatic rings. The number of hydrogen-bond acceptors (Lipinski definition) is 6.